The molecular formula is C26H37N3. The highest BCUT2D eigenvalue weighted by Crippen LogP contribution is 2.37. The molecule has 0 N–H and O–H groups in total. The fourth-order valence-corrected chi connectivity index (χ4v) is 4.92. The van der Waals surface area contributed by atoms with Crippen LogP contribution in [0.25, 0.3) is 0 Å². The van der Waals surface area contributed by atoms with Gasteiger partial charge >= 0.3 is 0 Å². The maximum atomic E-state index is 4.64. The summed E-state index contributed by atoms with van der Waals surface area (Å²) < 4.78 is 0. The van der Waals surface area contributed by atoms with Crippen molar-refractivity contribution in [1.29, 1.82) is 0 Å². The third-order valence-corrected chi connectivity index (χ3v) is 6.54. The van der Waals surface area contributed by atoms with Gasteiger partial charge < -0.3 is 4.90 Å². The molecule has 0 radical (unpaired) electrons. The van der Waals surface area contributed by atoms with Crippen LogP contribution < -0.4 is 4.90 Å². The minimum Gasteiger partial charge on any atom is -0.303 e. The molecule has 1 heterocycles. The fourth-order valence-electron chi connectivity index (χ4n) is 4.92. The monoisotopic (exact) mass is 391 g/mol. The van der Waals surface area contributed by atoms with Crippen LogP contribution in [-0.2, 0) is 0 Å². The summed E-state index contributed by atoms with van der Waals surface area (Å²) in [6, 6.07) is 6.72. The molecule has 0 aromatic heterocycles. The predicted octanol–water partition coefficient (Wildman–Crippen LogP) is 6.05. The van der Waals surface area contributed by atoms with Crippen LogP contribution in [-0.4, -0.2) is 37.4 Å². The highest BCUT2D eigenvalue weighted by atomic mass is 15.3. The predicted molar refractivity (Wildman–Crippen MR) is 127 cm³/mol. The molecule has 0 spiro atoms. The van der Waals surface area contributed by atoms with Crippen molar-refractivity contribution in [3.63, 3.8) is 0 Å². The standard InChI is InChI=1S/C26H37N3/c1-19(2)23-12-14-24(15-13-23)26(28-16-7-8-17-28)22(5)29(18-27-6)25-20(3)10-9-11-21(25)4/h9-11,14,18,23,26H,1,5,7-8,12-13,15-17H2,2-4,6H3/t23-,26?/m1/s1. The van der Waals surface area contributed by atoms with Crippen LogP contribution in [0.4, 0.5) is 5.69 Å². The molecule has 29 heavy (non-hydrogen) atoms. The molecule has 3 rings (SSSR count). The number of para-hydroxylation sites is 1. The molecule has 0 amide bonds. The van der Waals surface area contributed by atoms with Crippen molar-refractivity contribution in [2.45, 2.75) is 58.9 Å². The molecule has 1 saturated heterocycles. The van der Waals surface area contributed by atoms with Crippen molar-refractivity contribution >= 4 is 12.0 Å². The van der Waals surface area contributed by atoms with E-state index in [2.05, 4.69) is 73.0 Å². The van der Waals surface area contributed by atoms with E-state index in [0.717, 1.165) is 31.6 Å². The summed E-state index contributed by atoms with van der Waals surface area (Å²) in [5, 5.41) is 0. The van der Waals surface area contributed by atoms with E-state index in [0.29, 0.717) is 5.92 Å². The Hall–Kier alpha value is -2.13. The van der Waals surface area contributed by atoms with Gasteiger partial charge in [0.15, 0.2) is 0 Å². The summed E-state index contributed by atoms with van der Waals surface area (Å²) in [4.78, 5) is 9.26. The highest BCUT2D eigenvalue weighted by Gasteiger charge is 2.32. The molecule has 2 atom stereocenters. The third-order valence-electron chi connectivity index (χ3n) is 6.54. The minimum absolute atomic E-state index is 0.251. The van der Waals surface area contributed by atoms with E-state index in [1.54, 1.807) is 0 Å². The van der Waals surface area contributed by atoms with E-state index >= 15 is 0 Å². The first kappa shape index (κ1) is 21.6. The Morgan fingerprint density at radius 3 is 2.38 bits per heavy atom. The molecule has 3 heteroatoms. The van der Waals surface area contributed by atoms with Gasteiger partial charge in [-0.1, -0.05) is 48.6 Å². The maximum Gasteiger partial charge on any atom is 0.0934 e. The second-order valence-corrected chi connectivity index (χ2v) is 8.72. The van der Waals surface area contributed by atoms with Crippen LogP contribution in [0.2, 0.25) is 0 Å². The Bertz CT molecular complexity index is 791. The van der Waals surface area contributed by atoms with E-state index in [1.165, 1.54) is 47.2 Å². The number of benzene rings is 1. The lowest BCUT2D eigenvalue weighted by Gasteiger charge is -2.38. The van der Waals surface area contributed by atoms with E-state index in [9.17, 15) is 0 Å². The van der Waals surface area contributed by atoms with Crippen LogP contribution in [0, 0.1) is 19.8 Å². The molecule has 0 bridgehead atoms. The molecule has 1 aromatic rings. The molecule has 0 saturated carbocycles. The van der Waals surface area contributed by atoms with Crippen molar-refractivity contribution < 1.29 is 0 Å². The maximum absolute atomic E-state index is 4.64. The lowest BCUT2D eigenvalue weighted by molar-refractivity contribution is 0.290. The second-order valence-electron chi connectivity index (χ2n) is 8.72. The second kappa shape index (κ2) is 9.58. The normalized spacial score (nSPS) is 21.2. The first-order chi connectivity index (χ1) is 13.9. The summed E-state index contributed by atoms with van der Waals surface area (Å²) >= 11 is 0. The summed E-state index contributed by atoms with van der Waals surface area (Å²) in [5.74, 6) is 0.623. The summed E-state index contributed by atoms with van der Waals surface area (Å²) in [5.41, 5.74) is 7.68. The van der Waals surface area contributed by atoms with Gasteiger partial charge in [-0.25, -0.2) is 0 Å². The summed E-state index contributed by atoms with van der Waals surface area (Å²) in [6.07, 6.45) is 10.4. The van der Waals surface area contributed by atoms with Crippen molar-refractivity contribution in [1.82, 2.24) is 4.90 Å². The van der Waals surface area contributed by atoms with Gasteiger partial charge in [-0.15, -0.1) is 0 Å². The Labute approximate surface area is 177 Å². The van der Waals surface area contributed by atoms with Crippen LogP contribution in [0.5, 0.6) is 0 Å². The van der Waals surface area contributed by atoms with E-state index < -0.39 is 0 Å². The Kier molecular flexibility index (Phi) is 7.13. The molecule has 156 valence electrons. The number of aryl methyl sites for hydroxylation is 2. The number of hydrogen-bond acceptors (Lipinski definition) is 2. The fraction of sp³-hybridized carbons (Fsp3) is 0.500. The third kappa shape index (κ3) is 4.72. The number of hydrogen-bond donors (Lipinski definition) is 0. The van der Waals surface area contributed by atoms with Gasteiger partial charge in [0.25, 0.3) is 0 Å². The van der Waals surface area contributed by atoms with Crippen molar-refractivity contribution in [2.75, 3.05) is 25.0 Å². The smallest absolute Gasteiger partial charge is 0.0934 e. The molecule has 1 unspecified atom stereocenters. The molecule has 2 aliphatic rings. The topological polar surface area (TPSA) is 18.8 Å². The van der Waals surface area contributed by atoms with Gasteiger partial charge in [-0.3, -0.25) is 9.89 Å². The van der Waals surface area contributed by atoms with Gasteiger partial charge in [0.1, 0.15) is 0 Å². The minimum atomic E-state index is 0.251. The molecule has 1 aliphatic heterocycles. The van der Waals surface area contributed by atoms with Crippen molar-refractivity contribution in [3.8, 4) is 0 Å². The van der Waals surface area contributed by atoms with Gasteiger partial charge in [0.05, 0.1) is 18.1 Å². The number of aliphatic imine (C=N–C) groups is 1. The van der Waals surface area contributed by atoms with Crippen LogP contribution in [0.3, 0.4) is 0 Å². The van der Waals surface area contributed by atoms with Crippen molar-refractivity contribution in [2.24, 2.45) is 10.9 Å². The molecule has 1 aliphatic carbocycles. The molecule has 1 fully saturated rings. The zero-order chi connectivity index (χ0) is 21.0. The Morgan fingerprint density at radius 1 is 1.21 bits per heavy atom. The number of nitrogens with zero attached hydrogens (tertiary/aromatic N) is 3. The van der Waals surface area contributed by atoms with Gasteiger partial charge in [0.2, 0.25) is 0 Å². The average Bonchev–Trinajstić information content (AvgIpc) is 3.22. The van der Waals surface area contributed by atoms with Gasteiger partial charge in [0, 0.05) is 12.7 Å². The van der Waals surface area contributed by atoms with Crippen LogP contribution in [0.1, 0.15) is 50.2 Å². The van der Waals surface area contributed by atoms with E-state index in [-0.39, 0.29) is 6.04 Å². The lowest BCUT2D eigenvalue weighted by atomic mass is 9.82. The Morgan fingerprint density at radius 2 is 1.86 bits per heavy atom. The highest BCUT2D eigenvalue weighted by molar-refractivity contribution is 5.86. The number of rotatable bonds is 7. The SMILES string of the molecule is C=C(C)[C@@H]1CC=C(C(C(=C)N(C=NC)c2c(C)cccc2C)N2CCCC2)CC1. The first-order valence-electron chi connectivity index (χ1n) is 11.0. The van der Waals surface area contributed by atoms with Crippen LogP contribution >= 0.6 is 0 Å². The van der Waals surface area contributed by atoms with Crippen LogP contribution in [0.15, 0.2) is 59.3 Å². The van der Waals surface area contributed by atoms with Crippen molar-refractivity contribution in [3.05, 3.63) is 65.4 Å². The molecule has 1 aromatic carbocycles. The lowest BCUT2D eigenvalue weighted by Crippen LogP contribution is -2.42. The van der Waals surface area contributed by atoms with Gasteiger partial charge in [-0.2, -0.15) is 0 Å². The van der Waals surface area contributed by atoms with E-state index in [1.807, 2.05) is 13.4 Å². The molecule has 3 nitrogen and oxygen atoms in total. The zero-order valence-electron chi connectivity index (χ0n) is 18.7. The largest absolute Gasteiger partial charge is 0.303 e. The average molecular weight is 392 g/mol. The van der Waals surface area contributed by atoms with E-state index in [4.69, 9.17) is 0 Å². The Balaban J connectivity index is 1.98. The quantitative estimate of drug-likeness (QED) is 0.320. The summed E-state index contributed by atoms with van der Waals surface area (Å²) in [7, 11) is 1.84. The summed E-state index contributed by atoms with van der Waals surface area (Å²) in [6.45, 7) is 17.6. The number of allylic oxidation sites excluding steroid dienone is 2. The zero-order valence-corrected chi connectivity index (χ0v) is 18.7. The first-order valence-corrected chi connectivity index (χ1v) is 11.0. The molecular weight excluding hydrogens is 354 g/mol. The van der Waals surface area contributed by atoms with Gasteiger partial charge in [-0.05, 0) is 83.0 Å². The number of likely N-dealkylation sites (tertiary alicyclic amines) is 1. The number of anilines is 1.